The molecular formula is C16H15N3O4. The standard InChI is InChI=1S/C16H15N3O4/c20-16(21)14-12-7-19(8-13(12)23-18-14)6-11-9-22-15(17-11)10-4-2-1-3-5-10/h1-5,9,12-13H,6-8H2,(H,20,21). The number of nitrogens with zero attached hydrogens (tertiary/aromatic N) is 3. The molecule has 1 N–H and O–H groups in total. The van der Waals surface area contributed by atoms with E-state index in [0.717, 1.165) is 11.3 Å². The number of hydrogen-bond donors (Lipinski definition) is 1. The van der Waals surface area contributed by atoms with Crippen molar-refractivity contribution in [2.24, 2.45) is 11.1 Å². The van der Waals surface area contributed by atoms with Gasteiger partial charge in [0.15, 0.2) is 5.71 Å². The van der Waals surface area contributed by atoms with Gasteiger partial charge in [0.25, 0.3) is 0 Å². The first kappa shape index (κ1) is 14.0. The maximum atomic E-state index is 11.1. The fraction of sp³-hybridized carbons (Fsp3) is 0.312. The van der Waals surface area contributed by atoms with Crippen molar-refractivity contribution >= 4 is 11.7 Å². The second-order valence-electron chi connectivity index (χ2n) is 5.74. The molecule has 2 aliphatic heterocycles. The van der Waals surface area contributed by atoms with Crippen LogP contribution in [0.15, 0.2) is 46.2 Å². The number of carboxylic acids is 1. The summed E-state index contributed by atoms with van der Waals surface area (Å²) < 4.78 is 5.53. The number of likely N-dealkylation sites (tertiary alicyclic amines) is 1. The number of aliphatic carboxylic acids is 1. The number of rotatable bonds is 4. The summed E-state index contributed by atoms with van der Waals surface area (Å²) in [4.78, 5) is 22.9. The topological polar surface area (TPSA) is 88.2 Å². The lowest BCUT2D eigenvalue weighted by atomic mass is 10.0. The molecular weight excluding hydrogens is 298 g/mol. The molecule has 0 amide bonds. The Morgan fingerprint density at radius 3 is 2.91 bits per heavy atom. The molecule has 2 unspecified atom stereocenters. The number of hydrogen-bond acceptors (Lipinski definition) is 6. The van der Waals surface area contributed by atoms with Crippen LogP contribution in [0.1, 0.15) is 5.69 Å². The highest BCUT2D eigenvalue weighted by Crippen LogP contribution is 2.28. The average molecular weight is 313 g/mol. The summed E-state index contributed by atoms with van der Waals surface area (Å²) in [5, 5.41) is 12.8. The highest BCUT2D eigenvalue weighted by molar-refractivity contribution is 6.36. The van der Waals surface area contributed by atoms with E-state index in [1.807, 2.05) is 30.3 Å². The van der Waals surface area contributed by atoms with Gasteiger partial charge >= 0.3 is 5.97 Å². The molecule has 2 aliphatic rings. The van der Waals surface area contributed by atoms with Crippen LogP contribution in [0.5, 0.6) is 0 Å². The zero-order valence-corrected chi connectivity index (χ0v) is 12.3. The lowest BCUT2D eigenvalue weighted by Crippen LogP contribution is -2.27. The number of oxime groups is 1. The van der Waals surface area contributed by atoms with Gasteiger partial charge in [-0.2, -0.15) is 0 Å². The van der Waals surface area contributed by atoms with Gasteiger partial charge in [-0.15, -0.1) is 0 Å². The van der Waals surface area contributed by atoms with Gasteiger partial charge in [-0.25, -0.2) is 9.78 Å². The van der Waals surface area contributed by atoms with Gasteiger partial charge in [0.05, 0.1) is 11.6 Å². The molecule has 2 atom stereocenters. The fourth-order valence-electron chi connectivity index (χ4n) is 3.06. The van der Waals surface area contributed by atoms with Crippen LogP contribution in [0.3, 0.4) is 0 Å². The molecule has 3 heterocycles. The summed E-state index contributed by atoms with van der Waals surface area (Å²) in [7, 11) is 0. The predicted octanol–water partition coefficient (Wildman–Crippen LogP) is 1.61. The van der Waals surface area contributed by atoms with Crippen molar-refractivity contribution in [3.05, 3.63) is 42.3 Å². The fourth-order valence-corrected chi connectivity index (χ4v) is 3.06. The molecule has 0 radical (unpaired) electrons. The zero-order valence-electron chi connectivity index (χ0n) is 12.3. The zero-order chi connectivity index (χ0) is 15.8. The molecule has 23 heavy (non-hydrogen) atoms. The van der Waals surface area contributed by atoms with Crippen LogP contribution in [0.25, 0.3) is 11.5 Å². The van der Waals surface area contributed by atoms with Crippen molar-refractivity contribution < 1.29 is 19.2 Å². The molecule has 7 nitrogen and oxygen atoms in total. The number of fused-ring (bicyclic) bond motifs is 1. The van der Waals surface area contributed by atoms with Crippen molar-refractivity contribution in [1.82, 2.24) is 9.88 Å². The minimum absolute atomic E-state index is 0.114. The molecule has 1 saturated heterocycles. The summed E-state index contributed by atoms with van der Waals surface area (Å²) in [5.41, 5.74) is 1.86. The Morgan fingerprint density at radius 2 is 2.13 bits per heavy atom. The molecule has 0 saturated carbocycles. The predicted molar refractivity (Wildman–Crippen MR) is 80.6 cm³/mol. The van der Waals surface area contributed by atoms with E-state index < -0.39 is 5.97 Å². The third-order valence-corrected chi connectivity index (χ3v) is 4.16. The summed E-state index contributed by atoms with van der Waals surface area (Å²) in [6.45, 7) is 1.83. The molecule has 1 aromatic carbocycles. The Balaban J connectivity index is 1.44. The Morgan fingerprint density at radius 1 is 1.30 bits per heavy atom. The molecule has 0 spiro atoms. The first-order chi connectivity index (χ1) is 11.2. The van der Waals surface area contributed by atoms with E-state index >= 15 is 0 Å². The van der Waals surface area contributed by atoms with Gasteiger partial charge in [0.1, 0.15) is 12.4 Å². The third kappa shape index (κ3) is 2.59. The maximum absolute atomic E-state index is 11.1. The maximum Gasteiger partial charge on any atom is 0.354 e. The largest absolute Gasteiger partial charge is 0.477 e. The van der Waals surface area contributed by atoms with Crippen LogP contribution in [0.2, 0.25) is 0 Å². The minimum Gasteiger partial charge on any atom is -0.477 e. The molecule has 0 bridgehead atoms. The molecule has 4 rings (SSSR count). The minimum atomic E-state index is -1.01. The second-order valence-corrected chi connectivity index (χ2v) is 5.74. The van der Waals surface area contributed by atoms with E-state index in [1.165, 1.54) is 0 Å². The lowest BCUT2D eigenvalue weighted by Gasteiger charge is -2.13. The van der Waals surface area contributed by atoms with E-state index in [4.69, 9.17) is 14.4 Å². The van der Waals surface area contributed by atoms with Crippen molar-refractivity contribution in [2.45, 2.75) is 12.6 Å². The van der Waals surface area contributed by atoms with Gasteiger partial charge in [-0.1, -0.05) is 23.4 Å². The quantitative estimate of drug-likeness (QED) is 0.922. The summed E-state index contributed by atoms with van der Waals surface area (Å²) in [6, 6.07) is 9.70. The van der Waals surface area contributed by atoms with E-state index in [0.29, 0.717) is 25.5 Å². The van der Waals surface area contributed by atoms with Crippen LogP contribution in [-0.4, -0.2) is 45.9 Å². The first-order valence-corrected chi connectivity index (χ1v) is 7.40. The van der Waals surface area contributed by atoms with Crippen molar-refractivity contribution in [2.75, 3.05) is 13.1 Å². The normalized spacial score (nSPS) is 23.4. The Bertz CT molecular complexity index is 756. The Hall–Kier alpha value is -2.67. The number of oxazole rings is 1. The summed E-state index contributed by atoms with van der Waals surface area (Å²) in [5.74, 6) is -0.593. The van der Waals surface area contributed by atoms with Crippen LogP contribution >= 0.6 is 0 Å². The SMILES string of the molecule is O=C(O)C1=NOC2CN(Cc3coc(-c4ccccc4)n3)CC12. The summed E-state index contributed by atoms with van der Waals surface area (Å²) in [6.07, 6.45) is 1.46. The smallest absolute Gasteiger partial charge is 0.354 e. The number of benzene rings is 1. The van der Waals surface area contributed by atoms with Gasteiger partial charge in [0.2, 0.25) is 5.89 Å². The van der Waals surface area contributed by atoms with Crippen molar-refractivity contribution in [3.8, 4) is 11.5 Å². The Labute approximate surface area is 132 Å². The molecule has 0 aliphatic carbocycles. The number of carbonyl (C=O) groups is 1. The van der Waals surface area contributed by atoms with E-state index in [-0.39, 0.29) is 17.7 Å². The van der Waals surface area contributed by atoms with Gasteiger partial charge < -0.3 is 14.4 Å². The molecule has 118 valence electrons. The molecule has 7 heteroatoms. The highest BCUT2D eigenvalue weighted by Gasteiger charge is 2.44. The molecule has 1 fully saturated rings. The van der Waals surface area contributed by atoms with Gasteiger partial charge in [0, 0.05) is 25.2 Å². The van der Waals surface area contributed by atoms with E-state index in [2.05, 4.69) is 15.0 Å². The van der Waals surface area contributed by atoms with Crippen molar-refractivity contribution in [1.29, 1.82) is 0 Å². The number of aromatic nitrogens is 1. The summed E-state index contributed by atoms with van der Waals surface area (Å²) >= 11 is 0. The van der Waals surface area contributed by atoms with Crippen molar-refractivity contribution in [3.63, 3.8) is 0 Å². The second kappa shape index (κ2) is 5.51. The van der Waals surface area contributed by atoms with Gasteiger partial charge in [-0.3, -0.25) is 4.90 Å². The molecule has 1 aromatic heterocycles. The van der Waals surface area contributed by atoms with Gasteiger partial charge in [-0.05, 0) is 12.1 Å². The van der Waals surface area contributed by atoms with Crippen LogP contribution in [0, 0.1) is 5.92 Å². The first-order valence-electron chi connectivity index (χ1n) is 7.40. The van der Waals surface area contributed by atoms with Crippen LogP contribution in [0.4, 0.5) is 0 Å². The van der Waals surface area contributed by atoms with E-state index in [9.17, 15) is 4.79 Å². The Kier molecular flexibility index (Phi) is 3.34. The highest BCUT2D eigenvalue weighted by atomic mass is 16.6. The van der Waals surface area contributed by atoms with Crippen LogP contribution in [-0.2, 0) is 16.2 Å². The van der Waals surface area contributed by atoms with E-state index in [1.54, 1.807) is 6.26 Å². The molecule has 2 aromatic rings. The number of carboxylic acid groups (broad SMARTS) is 1. The monoisotopic (exact) mass is 313 g/mol. The average Bonchev–Trinajstić information content (AvgIpc) is 3.23. The third-order valence-electron chi connectivity index (χ3n) is 4.16. The van der Waals surface area contributed by atoms with Crippen LogP contribution < -0.4 is 0 Å². The lowest BCUT2D eigenvalue weighted by molar-refractivity contribution is -0.129.